The van der Waals surface area contributed by atoms with Gasteiger partial charge in [-0.2, -0.15) is 0 Å². The molecule has 3 heteroatoms. The summed E-state index contributed by atoms with van der Waals surface area (Å²) >= 11 is 0. The highest BCUT2D eigenvalue weighted by Gasteiger charge is 2.42. The molecule has 3 nitrogen and oxygen atoms in total. The van der Waals surface area contributed by atoms with E-state index in [1.807, 2.05) is 6.33 Å². The van der Waals surface area contributed by atoms with E-state index in [0.717, 1.165) is 22.4 Å². The number of aryl methyl sites for hydroxylation is 1. The molecule has 160 valence electrons. The van der Waals surface area contributed by atoms with Crippen molar-refractivity contribution in [1.29, 1.82) is 0 Å². The van der Waals surface area contributed by atoms with Crippen molar-refractivity contribution in [2.24, 2.45) is 7.05 Å². The van der Waals surface area contributed by atoms with Crippen LogP contribution in [0.4, 0.5) is 0 Å². The predicted octanol–water partition coefficient (Wildman–Crippen LogP) is 6.88. The average Bonchev–Trinajstić information content (AvgIpc) is 3.01. The Morgan fingerprint density at radius 3 is 2.50 bits per heavy atom. The Bertz CT molecular complexity index is 1480. The third-order valence-corrected chi connectivity index (χ3v) is 7.62. The number of hydrogen-bond acceptors (Lipinski definition) is 2. The zero-order valence-electron chi connectivity index (χ0n) is 19.9. The first kappa shape index (κ1) is 19.5. The number of ether oxygens (including phenoxy) is 1. The Kier molecular flexibility index (Phi) is 3.77. The van der Waals surface area contributed by atoms with Gasteiger partial charge in [-0.3, -0.25) is 0 Å². The zero-order valence-corrected chi connectivity index (χ0v) is 19.9. The molecule has 0 saturated heterocycles. The lowest BCUT2D eigenvalue weighted by molar-refractivity contribution is -0.662. The van der Waals surface area contributed by atoms with E-state index >= 15 is 0 Å². The van der Waals surface area contributed by atoms with Gasteiger partial charge in [0.25, 0.3) is 6.33 Å². The molecular weight excluding hydrogens is 392 g/mol. The van der Waals surface area contributed by atoms with Crippen LogP contribution in [0.15, 0.2) is 42.7 Å². The minimum atomic E-state index is -0.0605. The Hall–Kier alpha value is -3.20. The van der Waals surface area contributed by atoms with E-state index in [-0.39, 0.29) is 5.41 Å². The molecule has 0 atom stereocenters. The maximum absolute atomic E-state index is 6.77. The molecule has 1 aliphatic carbocycles. The molecule has 1 aromatic heterocycles. The first-order valence-electron chi connectivity index (χ1n) is 11.5. The summed E-state index contributed by atoms with van der Waals surface area (Å²) in [5.74, 6) is 2.34. The van der Waals surface area contributed by atoms with Gasteiger partial charge in [-0.1, -0.05) is 52.0 Å². The van der Waals surface area contributed by atoms with Crippen LogP contribution in [0, 0.1) is 13.8 Å². The van der Waals surface area contributed by atoms with E-state index < -0.39 is 0 Å². The molecule has 6 rings (SSSR count). The summed E-state index contributed by atoms with van der Waals surface area (Å²) in [5, 5.41) is 1.11. The maximum atomic E-state index is 6.77. The molecule has 0 unspecified atom stereocenters. The van der Waals surface area contributed by atoms with Crippen molar-refractivity contribution < 1.29 is 9.30 Å². The zero-order chi connectivity index (χ0) is 22.5. The largest absolute Gasteiger partial charge is 0.455 e. The molecule has 2 aliphatic rings. The summed E-state index contributed by atoms with van der Waals surface area (Å²) in [7, 11) is 2.09. The number of fused-ring (bicyclic) bond motifs is 5. The van der Waals surface area contributed by atoms with Gasteiger partial charge in [0, 0.05) is 5.41 Å². The third-order valence-electron chi connectivity index (χ3n) is 7.62. The van der Waals surface area contributed by atoms with Crippen LogP contribution in [0.2, 0.25) is 0 Å². The number of nitrogens with zero attached hydrogens (tertiary/aromatic N) is 2. The fourth-order valence-electron chi connectivity index (χ4n) is 6.05. The van der Waals surface area contributed by atoms with E-state index in [1.54, 1.807) is 0 Å². The van der Waals surface area contributed by atoms with Gasteiger partial charge < -0.3 is 4.74 Å². The minimum absolute atomic E-state index is 0.0605. The molecule has 32 heavy (non-hydrogen) atoms. The van der Waals surface area contributed by atoms with E-state index in [1.165, 1.54) is 50.2 Å². The summed E-state index contributed by atoms with van der Waals surface area (Å²) in [6.45, 7) is 13.6. The number of hydrogen-bond donors (Lipinski definition) is 0. The molecule has 0 amide bonds. The highest BCUT2D eigenvalue weighted by atomic mass is 16.5. The van der Waals surface area contributed by atoms with Crippen molar-refractivity contribution in [1.82, 2.24) is 4.98 Å². The lowest BCUT2D eigenvalue weighted by atomic mass is 9.78. The van der Waals surface area contributed by atoms with Crippen LogP contribution >= 0.6 is 0 Å². The summed E-state index contributed by atoms with van der Waals surface area (Å²) in [6.07, 6.45) is 1.94. The standard InChI is InChI=1S/C29H29N2O/c1-15(2)18-12-21-25-22(13-18)32-28-17(4)26-23(16(3)24(28)27(25)31(7)14-30-21)19-10-8-9-11-20(19)29(26,5)6/h8-15H,1-7H3/q+1. The van der Waals surface area contributed by atoms with E-state index in [0.29, 0.717) is 5.92 Å². The van der Waals surface area contributed by atoms with E-state index in [9.17, 15) is 0 Å². The molecular formula is C29H29N2O+. The Labute approximate surface area is 189 Å². The summed E-state index contributed by atoms with van der Waals surface area (Å²) < 4.78 is 8.93. The second-order valence-electron chi connectivity index (χ2n) is 10.2. The fraction of sp³-hybridized carbons (Fsp3) is 0.310. The molecule has 0 N–H and O–H groups in total. The molecule has 0 saturated carbocycles. The van der Waals surface area contributed by atoms with Gasteiger partial charge in [0.1, 0.15) is 16.9 Å². The van der Waals surface area contributed by atoms with Gasteiger partial charge >= 0.3 is 0 Å². The van der Waals surface area contributed by atoms with Crippen LogP contribution in [-0.2, 0) is 12.5 Å². The molecule has 1 aliphatic heterocycles. The van der Waals surface area contributed by atoms with Crippen molar-refractivity contribution in [3.8, 4) is 33.9 Å². The van der Waals surface area contributed by atoms with Crippen LogP contribution in [0.3, 0.4) is 0 Å². The maximum Gasteiger partial charge on any atom is 0.287 e. The van der Waals surface area contributed by atoms with Crippen molar-refractivity contribution in [3.05, 3.63) is 70.5 Å². The molecule has 2 heterocycles. The topological polar surface area (TPSA) is 26.0 Å². The van der Waals surface area contributed by atoms with Crippen LogP contribution < -0.4 is 9.30 Å². The Morgan fingerprint density at radius 1 is 1.00 bits per heavy atom. The normalized spacial score (nSPS) is 14.9. The second kappa shape index (κ2) is 6.19. The first-order valence-corrected chi connectivity index (χ1v) is 11.5. The molecule has 3 aromatic carbocycles. The number of aromatic nitrogens is 2. The minimum Gasteiger partial charge on any atom is -0.455 e. The Balaban J connectivity index is 1.78. The van der Waals surface area contributed by atoms with E-state index in [4.69, 9.17) is 9.72 Å². The third kappa shape index (κ3) is 2.26. The number of benzene rings is 3. The van der Waals surface area contributed by atoms with Crippen LogP contribution in [0.25, 0.3) is 33.3 Å². The summed E-state index contributed by atoms with van der Waals surface area (Å²) in [4.78, 5) is 4.77. The lowest BCUT2D eigenvalue weighted by Crippen LogP contribution is -2.33. The van der Waals surface area contributed by atoms with Crippen molar-refractivity contribution in [2.75, 3.05) is 0 Å². The average molecular weight is 422 g/mol. The predicted molar refractivity (Wildman–Crippen MR) is 130 cm³/mol. The molecule has 0 spiro atoms. The van der Waals surface area contributed by atoms with Gasteiger partial charge in [0.05, 0.1) is 12.6 Å². The highest BCUT2D eigenvalue weighted by molar-refractivity contribution is 6.03. The smallest absolute Gasteiger partial charge is 0.287 e. The van der Waals surface area contributed by atoms with Gasteiger partial charge in [0.15, 0.2) is 11.2 Å². The molecule has 4 aromatic rings. The molecule has 0 fully saturated rings. The second-order valence-corrected chi connectivity index (χ2v) is 10.2. The van der Waals surface area contributed by atoms with Gasteiger partial charge in [-0.05, 0) is 75.8 Å². The summed E-state index contributed by atoms with van der Waals surface area (Å²) in [5.41, 5.74) is 12.7. The Morgan fingerprint density at radius 2 is 1.75 bits per heavy atom. The van der Waals surface area contributed by atoms with Gasteiger partial charge in [-0.25, -0.2) is 4.57 Å². The van der Waals surface area contributed by atoms with Gasteiger partial charge in [-0.15, -0.1) is 0 Å². The van der Waals surface area contributed by atoms with Crippen molar-refractivity contribution >= 4 is 10.9 Å². The highest BCUT2D eigenvalue weighted by Crippen LogP contribution is 2.58. The molecule has 0 radical (unpaired) electrons. The SMILES string of the molecule is Cc1c2c(c(C)c3c1-c1ccccc1C3(C)C)Oc1cc(C(C)C)cc3nc[n+](C)c-2c13. The molecule has 0 bridgehead atoms. The first-order chi connectivity index (χ1) is 15.2. The fourth-order valence-corrected chi connectivity index (χ4v) is 6.05. The summed E-state index contributed by atoms with van der Waals surface area (Å²) in [6, 6.07) is 13.3. The van der Waals surface area contributed by atoms with Crippen molar-refractivity contribution in [2.45, 2.75) is 52.9 Å². The number of rotatable bonds is 1. The monoisotopic (exact) mass is 421 g/mol. The van der Waals surface area contributed by atoms with Crippen molar-refractivity contribution in [3.63, 3.8) is 0 Å². The van der Waals surface area contributed by atoms with Crippen LogP contribution in [0.1, 0.15) is 61.4 Å². The van der Waals surface area contributed by atoms with Crippen LogP contribution in [-0.4, -0.2) is 4.98 Å². The van der Waals surface area contributed by atoms with Gasteiger partial charge in [0.2, 0.25) is 0 Å². The van der Waals surface area contributed by atoms with E-state index in [2.05, 4.69) is 89.6 Å². The lowest BCUT2D eigenvalue weighted by Gasteiger charge is -2.29. The quantitative estimate of drug-likeness (QED) is 0.276. The van der Waals surface area contributed by atoms with Crippen LogP contribution in [0.5, 0.6) is 11.5 Å².